The van der Waals surface area contributed by atoms with Crippen LogP contribution in [0, 0.1) is 6.92 Å². The fraction of sp³-hybridized carbons (Fsp3) is 0.417. The van der Waals surface area contributed by atoms with E-state index in [1.165, 1.54) is 11.3 Å². The minimum absolute atomic E-state index is 0.179. The molecule has 1 rings (SSSR count). The Bertz CT molecular complexity index is 523. The van der Waals surface area contributed by atoms with Gasteiger partial charge in [-0.1, -0.05) is 13.8 Å². The van der Waals surface area contributed by atoms with Crippen LogP contribution in [0.2, 0.25) is 0 Å². The van der Waals surface area contributed by atoms with Crippen molar-refractivity contribution in [2.24, 2.45) is 5.73 Å². The van der Waals surface area contributed by atoms with E-state index in [4.69, 9.17) is 18.0 Å². The highest BCUT2D eigenvalue weighted by atomic mass is 32.1. The summed E-state index contributed by atoms with van der Waals surface area (Å²) in [4.78, 5) is 23.8. The normalized spacial score (nSPS) is 10.1. The predicted octanol–water partition coefficient (Wildman–Crippen LogP) is 1.94. The highest BCUT2D eigenvalue weighted by Gasteiger charge is 2.19. The lowest BCUT2D eigenvalue weighted by Gasteiger charge is -2.08. The smallest absolute Gasteiger partial charge is 0.251 e. The van der Waals surface area contributed by atoms with Gasteiger partial charge in [-0.25, -0.2) is 0 Å². The Balaban J connectivity index is 2.98. The van der Waals surface area contributed by atoms with Crippen LogP contribution in [-0.4, -0.2) is 16.9 Å². The first-order chi connectivity index (χ1) is 8.90. The molecule has 0 aliphatic rings. The fourth-order valence-corrected chi connectivity index (χ4v) is 3.14. The summed E-state index contributed by atoms with van der Waals surface area (Å²) in [6, 6.07) is 0. The molecule has 2 amide bonds. The number of aryl methyl sites for hydroxylation is 1. The highest BCUT2D eigenvalue weighted by Crippen LogP contribution is 2.32. The summed E-state index contributed by atoms with van der Waals surface area (Å²) >= 11 is 6.43. The van der Waals surface area contributed by atoms with Gasteiger partial charge in [0.2, 0.25) is 5.91 Å². The second kappa shape index (κ2) is 6.63. The van der Waals surface area contributed by atoms with E-state index in [1.807, 2.05) is 13.8 Å². The Hall–Kier alpha value is -1.47. The van der Waals surface area contributed by atoms with Gasteiger partial charge in [-0.3, -0.25) is 9.59 Å². The van der Waals surface area contributed by atoms with Crippen molar-refractivity contribution in [3.63, 3.8) is 0 Å². The zero-order valence-electron chi connectivity index (χ0n) is 11.1. The molecular weight excluding hydrogens is 282 g/mol. The molecule has 1 heterocycles. The number of nitrogens with two attached hydrogens (primary N) is 1. The van der Waals surface area contributed by atoms with E-state index in [2.05, 4.69) is 10.6 Å². The highest BCUT2D eigenvalue weighted by molar-refractivity contribution is 7.80. The van der Waals surface area contributed by atoms with Crippen LogP contribution in [0.25, 0.3) is 0 Å². The SMILES string of the molecule is CCC(=O)NC(=S)Nc1sc(C)c(CC)c1C(N)=O. The molecule has 0 radical (unpaired) electrons. The lowest BCUT2D eigenvalue weighted by molar-refractivity contribution is -0.119. The molecule has 1 aromatic heterocycles. The average molecular weight is 299 g/mol. The minimum Gasteiger partial charge on any atom is -0.365 e. The summed E-state index contributed by atoms with van der Waals surface area (Å²) in [5, 5.41) is 6.16. The zero-order chi connectivity index (χ0) is 14.6. The number of primary amides is 1. The lowest BCUT2D eigenvalue weighted by Crippen LogP contribution is -2.33. The minimum atomic E-state index is -0.492. The Morgan fingerprint density at radius 1 is 1.37 bits per heavy atom. The van der Waals surface area contributed by atoms with E-state index < -0.39 is 5.91 Å². The molecular formula is C12H17N3O2S2. The molecule has 4 N–H and O–H groups in total. The van der Waals surface area contributed by atoms with Crippen LogP contribution in [-0.2, 0) is 11.2 Å². The number of thiophene rings is 1. The largest absolute Gasteiger partial charge is 0.365 e. The molecule has 0 fully saturated rings. The molecule has 5 nitrogen and oxygen atoms in total. The molecule has 0 unspecified atom stereocenters. The number of hydrogen-bond acceptors (Lipinski definition) is 4. The predicted molar refractivity (Wildman–Crippen MR) is 81.6 cm³/mol. The van der Waals surface area contributed by atoms with Crippen molar-refractivity contribution >= 4 is 45.5 Å². The fourth-order valence-electron chi connectivity index (χ4n) is 1.70. The van der Waals surface area contributed by atoms with Crippen molar-refractivity contribution in [3.8, 4) is 0 Å². The maximum atomic E-state index is 11.5. The van der Waals surface area contributed by atoms with E-state index >= 15 is 0 Å². The molecule has 0 aliphatic carbocycles. The average Bonchev–Trinajstić information content (AvgIpc) is 2.64. The summed E-state index contributed by atoms with van der Waals surface area (Å²) in [7, 11) is 0. The molecule has 0 spiro atoms. The van der Waals surface area contributed by atoms with Crippen LogP contribution in [0.3, 0.4) is 0 Å². The van der Waals surface area contributed by atoms with Crippen molar-refractivity contribution in [1.29, 1.82) is 0 Å². The number of hydrogen-bond donors (Lipinski definition) is 3. The van der Waals surface area contributed by atoms with Crippen LogP contribution >= 0.6 is 23.6 Å². The van der Waals surface area contributed by atoms with E-state index in [0.29, 0.717) is 17.0 Å². The van der Waals surface area contributed by atoms with Crippen LogP contribution in [0.1, 0.15) is 41.1 Å². The van der Waals surface area contributed by atoms with E-state index in [-0.39, 0.29) is 11.0 Å². The quantitative estimate of drug-likeness (QED) is 0.742. The maximum absolute atomic E-state index is 11.5. The second-order valence-electron chi connectivity index (χ2n) is 3.91. The molecule has 0 saturated carbocycles. The second-order valence-corrected chi connectivity index (χ2v) is 5.55. The van der Waals surface area contributed by atoms with Gasteiger partial charge in [-0.15, -0.1) is 11.3 Å². The molecule has 0 aliphatic heterocycles. The summed E-state index contributed by atoms with van der Waals surface area (Å²) < 4.78 is 0. The third-order valence-electron chi connectivity index (χ3n) is 2.61. The van der Waals surface area contributed by atoms with Gasteiger partial charge in [-0.05, 0) is 31.1 Å². The van der Waals surface area contributed by atoms with Crippen molar-refractivity contribution in [2.45, 2.75) is 33.6 Å². The van der Waals surface area contributed by atoms with Gasteiger partial charge in [0.05, 0.1) is 5.56 Å². The molecule has 0 aromatic carbocycles. The molecule has 0 atom stereocenters. The molecule has 0 saturated heterocycles. The molecule has 7 heteroatoms. The summed E-state index contributed by atoms with van der Waals surface area (Å²) in [6.45, 7) is 5.62. The number of anilines is 1. The molecule has 1 aromatic rings. The van der Waals surface area contributed by atoms with Gasteiger partial charge in [0, 0.05) is 11.3 Å². The number of rotatable bonds is 4. The standard InChI is InChI=1S/C12H17N3O2S2/c1-4-7-6(3)19-11(9(7)10(13)17)15-12(18)14-8(16)5-2/h4-5H2,1-3H3,(H2,13,17)(H2,14,15,16,18). The van der Waals surface area contributed by atoms with Gasteiger partial charge in [0.15, 0.2) is 5.11 Å². The van der Waals surface area contributed by atoms with Gasteiger partial charge >= 0.3 is 0 Å². The van der Waals surface area contributed by atoms with Gasteiger partial charge in [0.1, 0.15) is 5.00 Å². The van der Waals surface area contributed by atoms with E-state index in [0.717, 1.165) is 16.9 Å². The van der Waals surface area contributed by atoms with Crippen LogP contribution in [0.4, 0.5) is 5.00 Å². The van der Waals surface area contributed by atoms with Gasteiger partial charge < -0.3 is 16.4 Å². The lowest BCUT2D eigenvalue weighted by atomic mass is 10.1. The molecule has 19 heavy (non-hydrogen) atoms. The van der Waals surface area contributed by atoms with Crippen LogP contribution in [0.15, 0.2) is 0 Å². The Morgan fingerprint density at radius 2 is 2.00 bits per heavy atom. The summed E-state index contributed by atoms with van der Waals surface area (Å²) in [5.41, 5.74) is 6.78. The van der Waals surface area contributed by atoms with Crippen molar-refractivity contribution in [2.75, 3.05) is 5.32 Å². The Kier molecular flexibility index (Phi) is 5.44. The summed E-state index contributed by atoms with van der Waals surface area (Å²) in [6.07, 6.45) is 1.06. The Labute approximate surface area is 121 Å². The van der Waals surface area contributed by atoms with Crippen molar-refractivity contribution in [3.05, 3.63) is 16.0 Å². The number of carbonyl (C=O) groups excluding carboxylic acids is 2. The first-order valence-corrected chi connectivity index (χ1v) is 7.16. The maximum Gasteiger partial charge on any atom is 0.251 e. The third kappa shape index (κ3) is 3.74. The third-order valence-corrected chi connectivity index (χ3v) is 3.88. The molecule has 104 valence electrons. The monoisotopic (exact) mass is 299 g/mol. The molecule has 0 bridgehead atoms. The first-order valence-electron chi connectivity index (χ1n) is 5.93. The van der Waals surface area contributed by atoms with Crippen LogP contribution < -0.4 is 16.4 Å². The van der Waals surface area contributed by atoms with Crippen LogP contribution in [0.5, 0.6) is 0 Å². The topological polar surface area (TPSA) is 84.2 Å². The number of amides is 2. The van der Waals surface area contributed by atoms with E-state index in [9.17, 15) is 9.59 Å². The van der Waals surface area contributed by atoms with Gasteiger partial charge in [0.25, 0.3) is 5.91 Å². The van der Waals surface area contributed by atoms with Crippen molar-refractivity contribution in [1.82, 2.24) is 5.32 Å². The number of carbonyl (C=O) groups is 2. The number of nitrogens with one attached hydrogen (secondary N) is 2. The van der Waals surface area contributed by atoms with E-state index in [1.54, 1.807) is 6.92 Å². The summed E-state index contributed by atoms with van der Waals surface area (Å²) in [5.74, 6) is -0.671. The zero-order valence-corrected chi connectivity index (χ0v) is 12.8. The Morgan fingerprint density at radius 3 is 2.47 bits per heavy atom. The first kappa shape index (κ1) is 15.6. The van der Waals surface area contributed by atoms with Crippen molar-refractivity contribution < 1.29 is 9.59 Å². The van der Waals surface area contributed by atoms with Gasteiger partial charge in [-0.2, -0.15) is 0 Å². The number of thiocarbonyl (C=S) groups is 1.